The van der Waals surface area contributed by atoms with E-state index in [2.05, 4.69) is 10.2 Å². The number of aryl methyl sites for hydroxylation is 1. The number of nitrogens with one attached hydrogen (secondary N) is 1. The Bertz CT molecular complexity index is 1350. The number of piperidine rings is 1. The Balaban J connectivity index is 1.35. The van der Waals surface area contributed by atoms with Crippen molar-refractivity contribution in [2.24, 2.45) is 7.05 Å². The van der Waals surface area contributed by atoms with Crippen molar-refractivity contribution < 1.29 is 19.3 Å². The van der Waals surface area contributed by atoms with E-state index in [9.17, 15) is 14.6 Å². The largest absolute Gasteiger partial charge is 0.508 e. The minimum Gasteiger partial charge on any atom is -0.508 e. The SMILES string of the molecule is Cn1c(-c2ccc(O)cc2Nc2ccc(OCCN3CCCCC3)c(F)c2)cc2ccc(O)cc21. The van der Waals surface area contributed by atoms with Gasteiger partial charge in [0.2, 0.25) is 0 Å². The van der Waals surface area contributed by atoms with Gasteiger partial charge >= 0.3 is 0 Å². The molecule has 1 aliphatic heterocycles. The molecule has 6 nitrogen and oxygen atoms in total. The second-order valence-corrected chi connectivity index (χ2v) is 9.08. The van der Waals surface area contributed by atoms with Crippen LogP contribution in [-0.4, -0.2) is 45.9 Å². The number of phenols is 2. The third-order valence-corrected chi connectivity index (χ3v) is 6.63. The van der Waals surface area contributed by atoms with Gasteiger partial charge in [0.15, 0.2) is 11.6 Å². The summed E-state index contributed by atoms with van der Waals surface area (Å²) in [6, 6.07) is 17.1. The lowest BCUT2D eigenvalue weighted by molar-refractivity contribution is 0.180. The van der Waals surface area contributed by atoms with Crippen LogP contribution < -0.4 is 10.1 Å². The summed E-state index contributed by atoms with van der Waals surface area (Å²) in [6.07, 6.45) is 3.71. The molecule has 3 N–H and O–H groups in total. The molecule has 0 saturated carbocycles. The van der Waals surface area contributed by atoms with E-state index in [1.807, 2.05) is 29.8 Å². The van der Waals surface area contributed by atoms with Gasteiger partial charge in [0.05, 0.1) is 16.9 Å². The molecule has 2 heterocycles. The summed E-state index contributed by atoms with van der Waals surface area (Å²) in [4.78, 5) is 2.36. The fourth-order valence-electron chi connectivity index (χ4n) is 4.75. The van der Waals surface area contributed by atoms with Crippen LogP contribution in [0.2, 0.25) is 0 Å². The van der Waals surface area contributed by atoms with Crippen LogP contribution in [0.15, 0.2) is 60.7 Å². The Hall–Kier alpha value is -3.71. The molecule has 0 spiro atoms. The zero-order valence-corrected chi connectivity index (χ0v) is 19.8. The second-order valence-electron chi connectivity index (χ2n) is 9.08. The first-order chi connectivity index (χ1) is 17.0. The standard InChI is InChI=1S/C28H30FN3O3/c1-31-26-18-22(34)7-5-19(26)15-27(31)23-9-8-21(33)17-25(23)30-20-6-10-28(24(29)16-20)35-14-13-32-11-3-2-4-12-32/h5-10,15-18,30,33-34H,2-4,11-14H2,1H3. The summed E-state index contributed by atoms with van der Waals surface area (Å²) in [5.41, 5.74) is 3.80. The highest BCUT2D eigenvalue weighted by atomic mass is 19.1. The third kappa shape index (κ3) is 5.05. The number of likely N-dealkylation sites (tertiary alicyclic amines) is 1. The summed E-state index contributed by atoms with van der Waals surface area (Å²) in [7, 11) is 1.92. The number of hydrogen-bond donors (Lipinski definition) is 3. The summed E-state index contributed by atoms with van der Waals surface area (Å²) in [6.45, 7) is 3.42. The Kier molecular flexibility index (Phi) is 6.51. The summed E-state index contributed by atoms with van der Waals surface area (Å²) in [5.74, 6) is 0.0985. The van der Waals surface area contributed by atoms with Crippen LogP contribution in [-0.2, 0) is 7.05 Å². The predicted octanol–water partition coefficient (Wildman–Crippen LogP) is 6.00. The summed E-state index contributed by atoms with van der Waals surface area (Å²) >= 11 is 0. The number of fused-ring (bicyclic) bond motifs is 1. The van der Waals surface area contributed by atoms with E-state index in [1.54, 1.807) is 36.4 Å². The van der Waals surface area contributed by atoms with Crippen molar-refractivity contribution >= 4 is 22.3 Å². The highest BCUT2D eigenvalue weighted by Crippen LogP contribution is 2.37. The Morgan fingerprint density at radius 2 is 1.69 bits per heavy atom. The first-order valence-corrected chi connectivity index (χ1v) is 12.0. The molecular weight excluding hydrogens is 445 g/mol. The molecule has 4 aromatic rings. The second kappa shape index (κ2) is 9.88. The highest BCUT2D eigenvalue weighted by Gasteiger charge is 2.15. The maximum absolute atomic E-state index is 14.8. The Morgan fingerprint density at radius 3 is 2.49 bits per heavy atom. The van der Waals surface area contributed by atoms with Crippen molar-refractivity contribution in [3.05, 3.63) is 66.5 Å². The van der Waals surface area contributed by atoms with E-state index in [1.165, 1.54) is 25.3 Å². The van der Waals surface area contributed by atoms with Crippen LogP contribution in [0.1, 0.15) is 19.3 Å². The molecule has 0 unspecified atom stereocenters. The number of nitrogens with zero attached hydrogens (tertiary/aromatic N) is 2. The molecule has 0 radical (unpaired) electrons. The van der Waals surface area contributed by atoms with Crippen LogP contribution in [0.25, 0.3) is 22.2 Å². The third-order valence-electron chi connectivity index (χ3n) is 6.63. The van der Waals surface area contributed by atoms with E-state index in [0.717, 1.165) is 41.8 Å². The van der Waals surface area contributed by atoms with Gasteiger partial charge in [-0.15, -0.1) is 0 Å². The zero-order chi connectivity index (χ0) is 24.4. The summed E-state index contributed by atoms with van der Waals surface area (Å²) in [5, 5.41) is 24.2. The van der Waals surface area contributed by atoms with Gasteiger partial charge < -0.3 is 24.8 Å². The van der Waals surface area contributed by atoms with Crippen molar-refractivity contribution in [2.45, 2.75) is 19.3 Å². The van der Waals surface area contributed by atoms with E-state index in [0.29, 0.717) is 18.0 Å². The number of ether oxygens (including phenoxy) is 1. The molecule has 1 saturated heterocycles. The quantitative estimate of drug-likeness (QED) is 0.306. The minimum absolute atomic E-state index is 0.103. The lowest BCUT2D eigenvalue weighted by Gasteiger charge is -2.26. The van der Waals surface area contributed by atoms with Crippen LogP contribution in [0.3, 0.4) is 0 Å². The molecule has 35 heavy (non-hydrogen) atoms. The van der Waals surface area contributed by atoms with Gasteiger partial charge in [-0.3, -0.25) is 4.90 Å². The number of aromatic nitrogens is 1. The maximum atomic E-state index is 14.8. The molecule has 0 bridgehead atoms. The molecule has 1 fully saturated rings. The number of aromatic hydroxyl groups is 2. The van der Waals surface area contributed by atoms with Gasteiger partial charge in [0.1, 0.15) is 18.1 Å². The van der Waals surface area contributed by atoms with Crippen LogP contribution in [0.5, 0.6) is 17.2 Å². The molecular formula is C28H30FN3O3. The van der Waals surface area contributed by atoms with Crippen molar-refractivity contribution in [3.8, 4) is 28.5 Å². The fraction of sp³-hybridized carbons (Fsp3) is 0.286. The van der Waals surface area contributed by atoms with E-state index in [4.69, 9.17) is 4.74 Å². The highest BCUT2D eigenvalue weighted by molar-refractivity contribution is 5.91. The average Bonchev–Trinajstić information content (AvgIpc) is 3.17. The number of benzene rings is 3. The van der Waals surface area contributed by atoms with Crippen LogP contribution in [0, 0.1) is 5.82 Å². The molecule has 0 amide bonds. The van der Waals surface area contributed by atoms with Gasteiger partial charge in [-0.2, -0.15) is 0 Å². The fourth-order valence-corrected chi connectivity index (χ4v) is 4.75. The van der Waals surface area contributed by atoms with Gasteiger partial charge in [-0.25, -0.2) is 4.39 Å². The number of halogens is 1. The number of rotatable bonds is 7. The average molecular weight is 476 g/mol. The number of anilines is 2. The minimum atomic E-state index is -0.435. The molecule has 7 heteroatoms. The van der Waals surface area contributed by atoms with Crippen molar-refractivity contribution in [2.75, 3.05) is 31.6 Å². The first-order valence-electron chi connectivity index (χ1n) is 12.0. The molecule has 3 aromatic carbocycles. The molecule has 5 rings (SSSR count). The van der Waals surface area contributed by atoms with Gasteiger partial charge in [-0.1, -0.05) is 6.42 Å². The molecule has 1 aromatic heterocycles. The first kappa shape index (κ1) is 23.1. The summed E-state index contributed by atoms with van der Waals surface area (Å²) < 4.78 is 22.5. The van der Waals surface area contributed by atoms with Gasteiger partial charge in [0.25, 0.3) is 0 Å². The van der Waals surface area contributed by atoms with Crippen molar-refractivity contribution in [1.82, 2.24) is 9.47 Å². The smallest absolute Gasteiger partial charge is 0.167 e. The monoisotopic (exact) mass is 475 g/mol. The topological polar surface area (TPSA) is 69.9 Å². The normalized spacial score (nSPS) is 14.3. The predicted molar refractivity (Wildman–Crippen MR) is 137 cm³/mol. The number of phenolic OH excluding ortho intramolecular Hbond substituents is 2. The van der Waals surface area contributed by atoms with E-state index in [-0.39, 0.29) is 17.2 Å². The lowest BCUT2D eigenvalue weighted by atomic mass is 10.1. The van der Waals surface area contributed by atoms with Crippen LogP contribution >= 0.6 is 0 Å². The maximum Gasteiger partial charge on any atom is 0.167 e. The lowest BCUT2D eigenvalue weighted by Crippen LogP contribution is -2.33. The van der Waals surface area contributed by atoms with Gasteiger partial charge in [-0.05, 0) is 68.4 Å². The van der Waals surface area contributed by atoms with Crippen molar-refractivity contribution in [3.63, 3.8) is 0 Å². The zero-order valence-electron chi connectivity index (χ0n) is 19.8. The number of hydrogen-bond acceptors (Lipinski definition) is 5. The Morgan fingerprint density at radius 1 is 0.914 bits per heavy atom. The molecule has 0 aliphatic carbocycles. The molecule has 1 aliphatic rings. The van der Waals surface area contributed by atoms with E-state index >= 15 is 0 Å². The van der Waals surface area contributed by atoms with Crippen molar-refractivity contribution in [1.29, 1.82) is 0 Å². The molecule has 182 valence electrons. The molecule has 0 atom stereocenters. The van der Waals surface area contributed by atoms with Crippen LogP contribution in [0.4, 0.5) is 15.8 Å². The van der Waals surface area contributed by atoms with Gasteiger partial charge in [0, 0.05) is 48.4 Å². The Labute approximate surface area is 204 Å². The van der Waals surface area contributed by atoms with E-state index < -0.39 is 5.82 Å².